The Kier molecular flexibility index (Phi) is 2.84. The lowest BCUT2D eigenvalue weighted by atomic mass is 10.2. The van der Waals surface area contributed by atoms with Crippen LogP contribution in [0.2, 0.25) is 0 Å². The summed E-state index contributed by atoms with van der Waals surface area (Å²) in [6, 6.07) is 5.15. The molecule has 2 rings (SSSR count). The van der Waals surface area contributed by atoms with Gasteiger partial charge in [0.05, 0.1) is 11.1 Å². The number of rotatable bonds is 3. The van der Waals surface area contributed by atoms with Gasteiger partial charge in [0.15, 0.2) is 5.82 Å². The third kappa shape index (κ3) is 2.44. The molecule has 1 aromatic heterocycles. The van der Waals surface area contributed by atoms with Crippen LogP contribution in [0.3, 0.4) is 0 Å². The Morgan fingerprint density at radius 1 is 1.29 bits per heavy atom. The van der Waals surface area contributed by atoms with E-state index >= 15 is 0 Å². The van der Waals surface area contributed by atoms with Gasteiger partial charge in [-0.15, -0.1) is 5.10 Å². The number of sulfonamides is 1. The highest BCUT2D eigenvalue weighted by molar-refractivity contribution is 7.92. The molecule has 0 radical (unpaired) electrons. The zero-order valence-electron chi connectivity index (χ0n) is 9.43. The number of aromatic amines is 1. The van der Waals surface area contributed by atoms with Crippen LogP contribution in [0.1, 0.15) is 11.1 Å². The fourth-order valence-corrected chi connectivity index (χ4v) is 2.76. The first-order valence-electron chi connectivity index (χ1n) is 4.95. The van der Waals surface area contributed by atoms with Crippen LogP contribution in [-0.2, 0) is 10.0 Å². The Labute approximate surface area is 99.1 Å². The van der Waals surface area contributed by atoms with Crippen LogP contribution in [0.5, 0.6) is 0 Å². The van der Waals surface area contributed by atoms with Gasteiger partial charge in [-0.25, -0.2) is 8.42 Å². The minimum Gasteiger partial charge on any atom is -0.261 e. The third-order valence-corrected chi connectivity index (χ3v) is 3.79. The normalized spacial score (nSPS) is 11.4. The van der Waals surface area contributed by atoms with Crippen LogP contribution in [0, 0.1) is 13.8 Å². The molecular weight excluding hydrogens is 240 g/mol. The zero-order valence-corrected chi connectivity index (χ0v) is 10.2. The Balaban J connectivity index is 2.38. The fraction of sp³-hybridized carbons (Fsp3) is 0.200. The van der Waals surface area contributed by atoms with Crippen molar-refractivity contribution in [3.05, 3.63) is 35.5 Å². The molecule has 17 heavy (non-hydrogen) atoms. The van der Waals surface area contributed by atoms with Crippen LogP contribution >= 0.6 is 0 Å². The summed E-state index contributed by atoms with van der Waals surface area (Å²) in [4.78, 5) is 0.242. The zero-order chi connectivity index (χ0) is 12.5. The van der Waals surface area contributed by atoms with Crippen LogP contribution in [0.15, 0.2) is 29.3 Å². The lowest BCUT2D eigenvalue weighted by molar-refractivity contribution is 0.600. The van der Waals surface area contributed by atoms with Crippen molar-refractivity contribution >= 4 is 15.8 Å². The number of nitrogens with one attached hydrogen (secondary N) is 2. The number of benzene rings is 1. The van der Waals surface area contributed by atoms with E-state index in [4.69, 9.17) is 0 Å². The average molecular weight is 252 g/mol. The molecule has 0 spiro atoms. The van der Waals surface area contributed by atoms with E-state index in [-0.39, 0.29) is 10.7 Å². The summed E-state index contributed by atoms with van der Waals surface area (Å²) in [5.74, 6) is 0.171. The molecule has 0 aliphatic carbocycles. The predicted molar refractivity (Wildman–Crippen MR) is 63.1 cm³/mol. The highest BCUT2D eigenvalue weighted by Gasteiger charge is 2.17. The molecule has 7 heteroatoms. The number of hydrogen-bond acceptors (Lipinski definition) is 4. The predicted octanol–water partition coefficient (Wildman–Crippen LogP) is 1.22. The van der Waals surface area contributed by atoms with Gasteiger partial charge >= 0.3 is 0 Å². The molecule has 2 N–H and O–H groups in total. The molecule has 0 aliphatic heterocycles. The Morgan fingerprint density at radius 3 is 2.65 bits per heavy atom. The molecule has 0 aliphatic rings. The molecule has 0 saturated carbocycles. The van der Waals surface area contributed by atoms with Crippen molar-refractivity contribution in [1.82, 2.24) is 15.4 Å². The van der Waals surface area contributed by atoms with E-state index in [1.54, 1.807) is 19.1 Å². The maximum absolute atomic E-state index is 12.0. The van der Waals surface area contributed by atoms with Gasteiger partial charge in [-0.2, -0.15) is 10.3 Å². The molecule has 6 nitrogen and oxygen atoms in total. The summed E-state index contributed by atoms with van der Waals surface area (Å²) in [5, 5.41) is 9.52. The molecule has 1 heterocycles. The molecule has 1 aromatic carbocycles. The Bertz CT molecular complexity index is 620. The largest absolute Gasteiger partial charge is 0.263 e. The molecule has 90 valence electrons. The van der Waals surface area contributed by atoms with E-state index in [0.717, 1.165) is 5.56 Å². The summed E-state index contributed by atoms with van der Waals surface area (Å²) in [7, 11) is -3.60. The lowest BCUT2D eigenvalue weighted by Crippen LogP contribution is -2.14. The molecule has 0 unspecified atom stereocenters. The Morgan fingerprint density at radius 2 is 2.06 bits per heavy atom. The number of hydrogen-bond donors (Lipinski definition) is 2. The maximum atomic E-state index is 12.0. The fourth-order valence-electron chi connectivity index (χ4n) is 1.54. The van der Waals surface area contributed by atoms with E-state index in [1.165, 1.54) is 6.20 Å². The van der Waals surface area contributed by atoms with Gasteiger partial charge in [0.2, 0.25) is 0 Å². The van der Waals surface area contributed by atoms with Gasteiger partial charge in [0.25, 0.3) is 10.0 Å². The van der Waals surface area contributed by atoms with E-state index in [2.05, 4.69) is 20.1 Å². The monoisotopic (exact) mass is 252 g/mol. The molecule has 2 aromatic rings. The van der Waals surface area contributed by atoms with E-state index in [9.17, 15) is 8.42 Å². The van der Waals surface area contributed by atoms with E-state index in [1.807, 2.05) is 13.0 Å². The van der Waals surface area contributed by atoms with Crippen molar-refractivity contribution in [2.75, 3.05) is 4.72 Å². The highest BCUT2D eigenvalue weighted by Crippen LogP contribution is 2.18. The van der Waals surface area contributed by atoms with Crippen LogP contribution in [0.4, 0.5) is 5.82 Å². The van der Waals surface area contributed by atoms with Crippen molar-refractivity contribution < 1.29 is 8.42 Å². The molecular formula is C10H12N4O2S. The summed E-state index contributed by atoms with van der Waals surface area (Å²) >= 11 is 0. The molecule has 0 amide bonds. The highest BCUT2D eigenvalue weighted by atomic mass is 32.2. The minimum absolute atomic E-state index is 0.171. The minimum atomic E-state index is -3.60. The quantitative estimate of drug-likeness (QED) is 0.859. The van der Waals surface area contributed by atoms with Crippen LogP contribution in [0.25, 0.3) is 0 Å². The number of aryl methyl sites for hydroxylation is 2. The Hall–Kier alpha value is -1.89. The number of H-pyrrole nitrogens is 1. The summed E-state index contributed by atoms with van der Waals surface area (Å²) in [6.07, 6.45) is 1.31. The van der Waals surface area contributed by atoms with Crippen LogP contribution in [-0.4, -0.2) is 23.8 Å². The van der Waals surface area contributed by atoms with Gasteiger partial charge in [-0.05, 0) is 25.5 Å². The summed E-state index contributed by atoms with van der Waals surface area (Å²) < 4.78 is 26.4. The van der Waals surface area contributed by atoms with Crippen molar-refractivity contribution in [3.8, 4) is 0 Å². The summed E-state index contributed by atoms with van der Waals surface area (Å²) in [6.45, 7) is 3.67. The van der Waals surface area contributed by atoms with Crippen LogP contribution < -0.4 is 4.72 Å². The van der Waals surface area contributed by atoms with Crippen molar-refractivity contribution in [1.29, 1.82) is 0 Å². The second-order valence-electron chi connectivity index (χ2n) is 3.73. The van der Waals surface area contributed by atoms with Gasteiger partial charge in [-0.1, -0.05) is 17.7 Å². The van der Waals surface area contributed by atoms with Gasteiger partial charge < -0.3 is 0 Å². The second kappa shape index (κ2) is 4.17. The van der Waals surface area contributed by atoms with Gasteiger partial charge in [0.1, 0.15) is 0 Å². The van der Waals surface area contributed by atoms with Crippen molar-refractivity contribution in [2.24, 2.45) is 0 Å². The second-order valence-corrected chi connectivity index (χ2v) is 5.38. The first-order valence-corrected chi connectivity index (χ1v) is 6.43. The first kappa shape index (κ1) is 11.6. The van der Waals surface area contributed by atoms with E-state index < -0.39 is 10.0 Å². The smallest absolute Gasteiger partial charge is 0.261 e. The van der Waals surface area contributed by atoms with Crippen molar-refractivity contribution in [3.63, 3.8) is 0 Å². The molecule has 0 atom stereocenters. The SMILES string of the molecule is Cc1ccc(S(=O)(=O)Nc2cn[nH]n2)c(C)c1. The standard InChI is InChI=1S/C10H12N4O2S/c1-7-3-4-9(8(2)5-7)17(15,16)13-10-6-11-14-12-10/h3-6H,1-2H3,(H2,11,12,13,14). The van der Waals surface area contributed by atoms with Gasteiger partial charge in [0, 0.05) is 0 Å². The number of nitrogens with zero attached hydrogens (tertiary/aromatic N) is 2. The molecule has 0 saturated heterocycles. The number of aromatic nitrogens is 3. The average Bonchev–Trinajstić information content (AvgIpc) is 2.68. The molecule has 0 bridgehead atoms. The molecule has 0 fully saturated rings. The maximum Gasteiger partial charge on any atom is 0.263 e. The topological polar surface area (TPSA) is 87.7 Å². The van der Waals surface area contributed by atoms with Gasteiger partial charge in [-0.3, -0.25) is 4.72 Å². The summed E-state index contributed by atoms with van der Waals surface area (Å²) in [5.41, 5.74) is 1.71. The first-order chi connectivity index (χ1) is 7.99. The number of anilines is 1. The lowest BCUT2D eigenvalue weighted by Gasteiger charge is -2.08. The van der Waals surface area contributed by atoms with E-state index in [0.29, 0.717) is 5.56 Å². The van der Waals surface area contributed by atoms with Crippen molar-refractivity contribution in [2.45, 2.75) is 18.7 Å². The third-order valence-electron chi connectivity index (χ3n) is 2.27.